The minimum atomic E-state index is -0.737. The molecule has 1 aliphatic heterocycles. The lowest BCUT2D eigenvalue weighted by molar-refractivity contribution is -0.132. The SMILES string of the molecule is Cc1ccc(C(N)C(=O)NC2CCN(C)C2=O)cc1.Cl. The topological polar surface area (TPSA) is 75.4 Å². The first kappa shape index (κ1) is 16.5. The van der Waals surface area contributed by atoms with Gasteiger partial charge in [0.05, 0.1) is 0 Å². The normalized spacial score (nSPS) is 19.4. The number of nitrogens with zero attached hydrogens (tertiary/aromatic N) is 1. The molecule has 0 aromatic heterocycles. The molecule has 0 spiro atoms. The predicted octanol–water partition coefficient (Wildman–Crippen LogP) is 0.764. The number of benzene rings is 1. The van der Waals surface area contributed by atoms with Crippen molar-refractivity contribution in [1.29, 1.82) is 0 Å². The Kier molecular flexibility index (Phi) is 5.53. The van der Waals surface area contributed by atoms with E-state index in [1.165, 1.54) is 0 Å². The number of likely N-dealkylation sites (tertiary alicyclic amines) is 1. The van der Waals surface area contributed by atoms with Gasteiger partial charge in [-0.25, -0.2) is 0 Å². The first-order valence-electron chi connectivity index (χ1n) is 6.36. The van der Waals surface area contributed by atoms with Crippen LogP contribution < -0.4 is 11.1 Å². The molecule has 2 rings (SSSR count). The molecular weight excluding hydrogens is 278 g/mol. The van der Waals surface area contributed by atoms with Gasteiger partial charge in [0.25, 0.3) is 0 Å². The van der Waals surface area contributed by atoms with Crippen molar-refractivity contribution in [3.63, 3.8) is 0 Å². The molecule has 110 valence electrons. The number of carbonyl (C=O) groups excluding carboxylic acids is 2. The molecule has 1 heterocycles. The summed E-state index contributed by atoms with van der Waals surface area (Å²) in [6.07, 6.45) is 0.641. The maximum atomic E-state index is 12.0. The van der Waals surface area contributed by atoms with Gasteiger partial charge in [0.2, 0.25) is 11.8 Å². The highest BCUT2D eigenvalue weighted by atomic mass is 35.5. The van der Waals surface area contributed by atoms with Crippen LogP contribution in [0.2, 0.25) is 0 Å². The van der Waals surface area contributed by atoms with Crippen molar-refractivity contribution < 1.29 is 9.59 Å². The summed E-state index contributed by atoms with van der Waals surface area (Å²) < 4.78 is 0. The van der Waals surface area contributed by atoms with Crippen molar-refractivity contribution in [3.05, 3.63) is 35.4 Å². The summed E-state index contributed by atoms with van der Waals surface area (Å²) in [6, 6.07) is 6.33. The fourth-order valence-electron chi connectivity index (χ4n) is 2.14. The summed E-state index contributed by atoms with van der Waals surface area (Å²) in [5.41, 5.74) is 7.78. The van der Waals surface area contributed by atoms with Crippen LogP contribution in [0.3, 0.4) is 0 Å². The number of nitrogens with one attached hydrogen (secondary N) is 1. The van der Waals surface area contributed by atoms with E-state index in [1.54, 1.807) is 11.9 Å². The van der Waals surface area contributed by atoms with Gasteiger partial charge < -0.3 is 16.0 Å². The molecule has 1 aromatic carbocycles. The fraction of sp³-hybridized carbons (Fsp3) is 0.429. The van der Waals surface area contributed by atoms with Gasteiger partial charge in [-0.05, 0) is 18.9 Å². The van der Waals surface area contributed by atoms with Crippen LogP contribution in [0.1, 0.15) is 23.6 Å². The van der Waals surface area contributed by atoms with Crippen LogP contribution in [0.15, 0.2) is 24.3 Å². The molecule has 1 aromatic rings. The molecule has 5 nitrogen and oxygen atoms in total. The van der Waals surface area contributed by atoms with E-state index in [1.807, 2.05) is 31.2 Å². The highest BCUT2D eigenvalue weighted by molar-refractivity contribution is 5.91. The van der Waals surface area contributed by atoms with E-state index < -0.39 is 12.1 Å². The Hall–Kier alpha value is -1.59. The monoisotopic (exact) mass is 297 g/mol. The number of hydrogen-bond donors (Lipinski definition) is 2. The molecule has 2 atom stereocenters. The third-order valence-electron chi connectivity index (χ3n) is 3.46. The van der Waals surface area contributed by atoms with E-state index in [-0.39, 0.29) is 24.2 Å². The Morgan fingerprint density at radius 3 is 2.50 bits per heavy atom. The Balaban J connectivity index is 0.00000200. The summed E-state index contributed by atoms with van der Waals surface area (Å²) in [5, 5.41) is 2.72. The summed E-state index contributed by atoms with van der Waals surface area (Å²) in [6.45, 7) is 2.64. The van der Waals surface area contributed by atoms with E-state index in [2.05, 4.69) is 5.32 Å². The van der Waals surface area contributed by atoms with E-state index >= 15 is 0 Å². The molecule has 6 heteroatoms. The van der Waals surface area contributed by atoms with Gasteiger partial charge in [-0.3, -0.25) is 9.59 Å². The maximum absolute atomic E-state index is 12.0. The van der Waals surface area contributed by atoms with Gasteiger partial charge in [-0.15, -0.1) is 12.4 Å². The number of nitrogens with two attached hydrogens (primary N) is 1. The lowest BCUT2D eigenvalue weighted by Crippen LogP contribution is -2.44. The Morgan fingerprint density at radius 1 is 1.40 bits per heavy atom. The van der Waals surface area contributed by atoms with E-state index in [4.69, 9.17) is 5.73 Å². The smallest absolute Gasteiger partial charge is 0.244 e. The third kappa shape index (κ3) is 3.49. The van der Waals surface area contributed by atoms with Crippen LogP contribution in [-0.2, 0) is 9.59 Å². The van der Waals surface area contributed by atoms with Gasteiger partial charge in [0.15, 0.2) is 0 Å². The number of halogens is 1. The average molecular weight is 298 g/mol. The molecule has 0 aliphatic carbocycles. The minimum absolute atomic E-state index is 0. The number of hydrogen-bond acceptors (Lipinski definition) is 3. The van der Waals surface area contributed by atoms with Gasteiger partial charge in [0.1, 0.15) is 12.1 Å². The largest absolute Gasteiger partial charge is 0.344 e. The first-order valence-corrected chi connectivity index (χ1v) is 6.36. The second kappa shape index (κ2) is 6.72. The van der Waals surface area contributed by atoms with E-state index in [0.29, 0.717) is 13.0 Å². The van der Waals surface area contributed by atoms with Crippen molar-refractivity contribution in [2.45, 2.75) is 25.4 Å². The van der Waals surface area contributed by atoms with Crippen molar-refractivity contribution in [2.24, 2.45) is 5.73 Å². The lowest BCUT2D eigenvalue weighted by Gasteiger charge is -2.16. The minimum Gasteiger partial charge on any atom is -0.344 e. The number of aryl methyl sites for hydroxylation is 1. The zero-order valence-corrected chi connectivity index (χ0v) is 12.4. The van der Waals surface area contributed by atoms with Crippen molar-refractivity contribution in [2.75, 3.05) is 13.6 Å². The molecule has 3 N–H and O–H groups in total. The van der Waals surface area contributed by atoms with Gasteiger partial charge in [-0.2, -0.15) is 0 Å². The fourth-order valence-corrected chi connectivity index (χ4v) is 2.14. The number of carbonyl (C=O) groups is 2. The second-order valence-electron chi connectivity index (χ2n) is 5.00. The third-order valence-corrected chi connectivity index (χ3v) is 3.46. The highest BCUT2D eigenvalue weighted by Crippen LogP contribution is 2.14. The van der Waals surface area contributed by atoms with Crippen molar-refractivity contribution >= 4 is 24.2 Å². The number of likely N-dealkylation sites (N-methyl/N-ethyl adjacent to an activating group) is 1. The second-order valence-corrected chi connectivity index (χ2v) is 5.00. The van der Waals surface area contributed by atoms with Crippen LogP contribution in [0.25, 0.3) is 0 Å². The zero-order valence-electron chi connectivity index (χ0n) is 11.6. The molecule has 20 heavy (non-hydrogen) atoms. The van der Waals surface area contributed by atoms with Gasteiger partial charge in [0, 0.05) is 13.6 Å². The maximum Gasteiger partial charge on any atom is 0.244 e. The van der Waals surface area contributed by atoms with Crippen LogP contribution in [0, 0.1) is 6.92 Å². The predicted molar refractivity (Wildman–Crippen MR) is 79.5 cm³/mol. The molecule has 1 fully saturated rings. The quantitative estimate of drug-likeness (QED) is 0.865. The van der Waals surface area contributed by atoms with Crippen LogP contribution in [0.5, 0.6) is 0 Å². The van der Waals surface area contributed by atoms with Gasteiger partial charge in [-0.1, -0.05) is 29.8 Å². The van der Waals surface area contributed by atoms with Crippen LogP contribution in [0.4, 0.5) is 0 Å². The zero-order chi connectivity index (χ0) is 14.0. The molecule has 1 aliphatic rings. The Morgan fingerprint density at radius 2 is 2.00 bits per heavy atom. The van der Waals surface area contributed by atoms with Crippen molar-refractivity contribution in [1.82, 2.24) is 10.2 Å². The first-order chi connectivity index (χ1) is 8.99. The molecule has 0 bridgehead atoms. The lowest BCUT2D eigenvalue weighted by atomic mass is 10.0. The highest BCUT2D eigenvalue weighted by Gasteiger charge is 2.31. The average Bonchev–Trinajstić information content (AvgIpc) is 2.71. The molecule has 0 saturated carbocycles. The van der Waals surface area contributed by atoms with E-state index in [0.717, 1.165) is 11.1 Å². The van der Waals surface area contributed by atoms with Crippen molar-refractivity contribution in [3.8, 4) is 0 Å². The summed E-state index contributed by atoms with van der Waals surface area (Å²) >= 11 is 0. The molecule has 1 saturated heterocycles. The molecule has 2 unspecified atom stereocenters. The summed E-state index contributed by atoms with van der Waals surface area (Å²) in [7, 11) is 1.73. The Bertz CT molecular complexity index is 490. The van der Waals surface area contributed by atoms with E-state index in [9.17, 15) is 9.59 Å². The van der Waals surface area contributed by atoms with Crippen LogP contribution in [-0.4, -0.2) is 36.3 Å². The number of rotatable bonds is 3. The molecular formula is C14H20ClN3O2. The molecule has 2 amide bonds. The standard InChI is InChI=1S/C14H19N3O2.ClH/c1-9-3-5-10(6-4-9)12(15)13(18)16-11-7-8-17(2)14(11)19;/h3-6,11-12H,7-8,15H2,1-2H3,(H,16,18);1H. The van der Waals surface area contributed by atoms with Crippen LogP contribution >= 0.6 is 12.4 Å². The summed E-state index contributed by atoms with van der Waals surface area (Å²) in [4.78, 5) is 25.4. The molecule has 0 radical (unpaired) electrons. The summed E-state index contributed by atoms with van der Waals surface area (Å²) in [5.74, 6) is -0.359. The number of amides is 2. The van der Waals surface area contributed by atoms with Gasteiger partial charge >= 0.3 is 0 Å². The Labute approximate surface area is 124 Å².